The molecule has 140 valence electrons. The molecule has 8 heteroatoms. The summed E-state index contributed by atoms with van der Waals surface area (Å²) in [6.07, 6.45) is 1.68. The Kier molecular flexibility index (Phi) is 4.69. The van der Waals surface area contributed by atoms with Crippen LogP contribution in [0.1, 0.15) is 11.1 Å². The summed E-state index contributed by atoms with van der Waals surface area (Å²) in [6.45, 7) is 0.903. The number of hydrogen-bond acceptors (Lipinski definition) is 4. The van der Waals surface area contributed by atoms with Crippen LogP contribution in [0.15, 0.2) is 34.9 Å². The van der Waals surface area contributed by atoms with Gasteiger partial charge < -0.3 is 9.64 Å². The number of rotatable bonds is 3. The van der Waals surface area contributed by atoms with Crippen molar-refractivity contribution in [2.45, 2.75) is 13.1 Å². The molecule has 0 fully saturated rings. The summed E-state index contributed by atoms with van der Waals surface area (Å²) in [7, 11) is 1.39. The van der Waals surface area contributed by atoms with Crippen LogP contribution in [0.2, 0.25) is 0 Å². The molecule has 1 N–H and O–H groups in total. The molecular weight excluding hydrogens is 423 g/mol. The third kappa shape index (κ3) is 3.23. The fraction of sp³-hybridized carbons (Fsp3) is 0.211. The lowest BCUT2D eigenvalue weighted by atomic mass is 10.0. The van der Waals surface area contributed by atoms with Gasteiger partial charge in [0.1, 0.15) is 11.6 Å². The van der Waals surface area contributed by atoms with Crippen molar-refractivity contribution >= 4 is 32.5 Å². The van der Waals surface area contributed by atoms with Crippen LogP contribution in [0.25, 0.3) is 10.9 Å². The second-order valence-corrected chi connectivity index (χ2v) is 7.18. The maximum Gasteiger partial charge on any atom is 0.165 e. The number of fused-ring (bicyclic) bond motifs is 3. The van der Waals surface area contributed by atoms with Crippen LogP contribution in [-0.4, -0.2) is 18.8 Å². The fourth-order valence-corrected chi connectivity index (χ4v) is 3.74. The Hall–Kier alpha value is -2.32. The van der Waals surface area contributed by atoms with Crippen molar-refractivity contribution in [3.63, 3.8) is 0 Å². The highest BCUT2D eigenvalue weighted by molar-refractivity contribution is 9.10. The highest BCUT2D eigenvalue weighted by Crippen LogP contribution is 2.36. The Morgan fingerprint density at radius 2 is 1.89 bits per heavy atom. The summed E-state index contributed by atoms with van der Waals surface area (Å²) in [5.41, 5.74) is 2.04. The molecule has 4 nitrogen and oxygen atoms in total. The molecule has 3 aromatic rings. The Bertz CT molecular complexity index is 1020. The zero-order valence-corrected chi connectivity index (χ0v) is 15.9. The zero-order valence-electron chi connectivity index (χ0n) is 14.3. The van der Waals surface area contributed by atoms with E-state index in [1.54, 1.807) is 11.1 Å². The van der Waals surface area contributed by atoms with Crippen molar-refractivity contribution in [2.75, 3.05) is 18.7 Å². The van der Waals surface area contributed by atoms with Gasteiger partial charge in [0.25, 0.3) is 0 Å². The predicted octanol–water partition coefficient (Wildman–Crippen LogP) is 4.49. The molecule has 0 radical (unpaired) electrons. The second kappa shape index (κ2) is 7.01. The minimum atomic E-state index is -0.639. The van der Waals surface area contributed by atoms with E-state index in [0.29, 0.717) is 34.3 Å². The molecule has 1 aromatic heterocycles. The van der Waals surface area contributed by atoms with Crippen LogP contribution in [-0.2, 0) is 13.1 Å². The number of nitrogens with zero attached hydrogens (tertiary/aromatic N) is 2. The minimum absolute atomic E-state index is 0.00227. The molecule has 0 amide bonds. The average molecular weight is 438 g/mol. The number of aromatic nitrogens is 1. The molecule has 2 heterocycles. The van der Waals surface area contributed by atoms with Gasteiger partial charge >= 0.3 is 0 Å². The molecule has 0 saturated heterocycles. The lowest BCUT2D eigenvalue weighted by Crippen LogP contribution is -2.39. The van der Waals surface area contributed by atoms with Crippen LogP contribution >= 0.6 is 15.9 Å². The van der Waals surface area contributed by atoms with E-state index in [0.717, 1.165) is 5.56 Å². The van der Waals surface area contributed by atoms with E-state index in [2.05, 4.69) is 26.2 Å². The molecule has 4 rings (SSSR count). The van der Waals surface area contributed by atoms with Gasteiger partial charge in [-0.1, -0.05) is 15.9 Å². The van der Waals surface area contributed by atoms with Gasteiger partial charge in [0.15, 0.2) is 11.6 Å². The van der Waals surface area contributed by atoms with E-state index >= 15 is 0 Å². The minimum Gasteiger partial charge on any atom is -0.494 e. The lowest BCUT2D eigenvalue weighted by molar-refractivity contribution is 0.387. The molecule has 0 unspecified atom stereocenters. The van der Waals surface area contributed by atoms with Crippen LogP contribution in [0.5, 0.6) is 5.75 Å². The number of hydrogen-bond donors (Lipinski definition) is 1. The van der Waals surface area contributed by atoms with E-state index in [9.17, 15) is 13.2 Å². The van der Waals surface area contributed by atoms with Gasteiger partial charge in [-0.25, -0.2) is 13.2 Å². The predicted molar refractivity (Wildman–Crippen MR) is 100 cm³/mol. The van der Waals surface area contributed by atoms with E-state index in [1.807, 2.05) is 0 Å². The first-order chi connectivity index (χ1) is 13.0. The largest absolute Gasteiger partial charge is 0.494 e. The van der Waals surface area contributed by atoms with Crippen molar-refractivity contribution in [3.05, 3.63) is 63.5 Å². The summed E-state index contributed by atoms with van der Waals surface area (Å²) in [4.78, 5) is 6.15. The molecule has 0 aliphatic carbocycles. The maximum absolute atomic E-state index is 14.3. The summed E-state index contributed by atoms with van der Waals surface area (Å²) >= 11 is 3.08. The number of halogens is 4. The van der Waals surface area contributed by atoms with Crippen molar-refractivity contribution in [1.82, 2.24) is 10.3 Å². The third-order valence-corrected chi connectivity index (χ3v) is 5.04. The number of benzene rings is 2. The number of methoxy groups -OCH3 is 1. The van der Waals surface area contributed by atoms with Gasteiger partial charge in [0, 0.05) is 39.8 Å². The lowest BCUT2D eigenvalue weighted by Gasteiger charge is -2.33. The summed E-state index contributed by atoms with van der Waals surface area (Å²) in [6, 6.07) is 5.33. The monoisotopic (exact) mass is 437 g/mol. The first-order valence-corrected chi connectivity index (χ1v) is 9.01. The fourth-order valence-electron chi connectivity index (χ4n) is 3.33. The highest BCUT2D eigenvalue weighted by atomic mass is 79.9. The number of ether oxygens (including phenoxy) is 1. The molecule has 27 heavy (non-hydrogen) atoms. The Balaban J connectivity index is 1.84. The van der Waals surface area contributed by atoms with Gasteiger partial charge in [-0.05, 0) is 18.2 Å². The molecule has 0 spiro atoms. The SMILES string of the molecule is COc1cc2ncc3c(c2cc1F)N(Cc1c(F)cc(Br)cc1F)CNC3. The number of anilines is 1. The van der Waals surface area contributed by atoms with E-state index in [4.69, 9.17) is 4.74 Å². The quantitative estimate of drug-likeness (QED) is 0.654. The van der Waals surface area contributed by atoms with Gasteiger partial charge in [-0.2, -0.15) is 0 Å². The summed E-state index contributed by atoms with van der Waals surface area (Å²) < 4.78 is 48.3. The standard InChI is InChI=1S/C19H15BrF3N3O/c1-27-18-5-17-12(4-16(18)23)19-10(7-25-17)6-24-9-26(19)8-13-14(21)2-11(20)3-15(13)22/h2-5,7,24H,6,8-9H2,1H3. The van der Waals surface area contributed by atoms with E-state index in [1.165, 1.54) is 31.4 Å². The molecule has 0 atom stereocenters. The second-order valence-electron chi connectivity index (χ2n) is 6.27. The topological polar surface area (TPSA) is 37.4 Å². The zero-order chi connectivity index (χ0) is 19.1. The van der Waals surface area contributed by atoms with Gasteiger partial charge in [0.05, 0.1) is 31.5 Å². The number of pyridine rings is 1. The Labute approximate surface area is 162 Å². The first-order valence-electron chi connectivity index (χ1n) is 8.22. The molecule has 1 aliphatic rings. The molecule has 0 saturated carbocycles. The molecule has 1 aliphatic heterocycles. The normalized spacial score (nSPS) is 13.7. The van der Waals surface area contributed by atoms with Gasteiger partial charge in [-0.3, -0.25) is 10.3 Å². The molecule has 2 aromatic carbocycles. The average Bonchev–Trinajstić information content (AvgIpc) is 2.63. The third-order valence-electron chi connectivity index (χ3n) is 4.58. The van der Waals surface area contributed by atoms with Crippen LogP contribution in [0.3, 0.4) is 0 Å². The molecular formula is C19H15BrF3N3O. The smallest absolute Gasteiger partial charge is 0.165 e. The van der Waals surface area contributed by atoms with Crippen LogP contribution < -0.4 is 15.0 Å². The van der Waals surface area contributed by atoms with Crippen molar-refractivity contribution in [1.29, 1.82) is 0 Å². The van der Waals surface area contributed by atoms with Gasteiger partial charge in [-0.15, -0.1) is 0 Å². The molecule has 0 bridgehead atoms. The number of nitrogens with one attached hydrogen (secondary N) is 1. The van der Waals surface area contributed by atoms with E-state index < -0.39 is 17.5 Å². The Morgan fingerprint density at radius 3 is 2.59 bits per heavy atom. The van der Waals surface area contributed by atoms with Crippen molar-refractivity contribution in [2.24, 2.45) is 0 Å². The summed E-state index contributed by atoms with van der Waals surface area (Å²) in [5, 5.41) is 3.75. The maximum atomic E-state index is 14.3. The Morgan fingerprint density at radius 1 is 1.15 bits per heavy atom. The van der Waals surface area contributed by atoms with E-state index in [-0.39, 0.29) is 17.9 Å². The van der Waals surface area contributed by atoms with Crippen LogP contribution in [0, 0.1) is 17.5 Å². The van der Waals surface area contributed by atoms with Crippen LogP contribution in [0.4, 0.5) is 18.9 Å². The van der Waals surface area contributed by atoms with Crippen molar-refractivity contribution in [3.8, 4) is 5.75 Å². The summed E-state index contributed by atoms with van der Waals surface area (Å²) in [5.74, 6) is -1.69. The first kappa shape index (κ1) is 18.1. The highest BCUT2D eigenvalue weighted by Gasteiger charge is 2.24. The van der Waals surface area contributed by atoms with Gasteiger partial charge in [0.2, 0.25) is 0 Å². The van der Waals surface area contributed by atoms with Crippen molar-refractivity contribution < 1.29 is 17.9 Å².